The first kappa shape index (κ1) is 42.8. The van der Waals surface area contributed by atoms with Crippen LogP contribution in [-0.4, -0.2) is 92.1 Å². The number of para-hydroxylation sites is 1. The molecule has 4 N–H and O–H groups in total. The van der Waals surface area contributed by atoms with E-state index in [0.717, 1.165) is 93.0 Å². The number of aromatic nitrogens is 5. The number of nitrogens with one attached hydrogen (secondary N) is 2. The number of phenolic OH excluding ortho intramolecular Hbond substituents is 2. The van der Waals surface area contributed by atoms with E-state index in [1.165, 1.54) is 15.5 Å². The monoisotopic (exact) mass is 852 g/mol. The van der Waals surface area contributed by atoms with E-state index in [1.54, 1.807) is 19.3 Å². The molecule has 0 bridgehead atoms. The molecule has 6 aromatic rings. The van der Waals surface area contributed by atoms with Crippen LogP contribution in [0.4, 0.5) is 34.5 Å². The molecule has 1 amide bonds. The maximum Gasteiger partial charge on any atom is 0.348 e. The van der Waals surface area contributed by atoms with Crippen molar-refractivity contribution in [1.82, 2.24) is 29.6 Å². The van der Waals surface area contributed by atoms with Gasteiger partial charge in [0.15, 0.2) is 11.6 Å². The van der Waals surface area contributed by atoms with Crippen LogP contribution < -0.4 is 30.4 Å². The van der Waals surface area contributed by atoms with Crippen LogP contribution in [0.25, 0.3) is 17.1 Å². The maximum absolute atomic E-state index is 13.0. The molecule has 328 valence electrons. The Kier molecular flexibility index (Phi) is 12.7. The minimum Gasteiger partial charge on any atom is -0.508 e. The predicted octanol–water partition coefficient (Wildman–Crippen LogP) is 8.00. The normalized spacial score (nSPS) is 14.6. The number of ether oxygens (including phenoxy) is 1. The fourth-order valence-corrected chi connectivity index (χ4v) is 8.72. The van der Waals surface area contributed by atoms with Crippen molar-refractivity contribution in [2.75, 3.05) is 59.9 Å². The molecule has 15 nitrogen and oxygen atoms in total. The third-order valence-corrected chi connectivity index (χ3v) is 12.1. The molecule has 63 heavy (non-hydrogen) atoms. The Morgan fingerprint density at radius 2 is 1.67 bits per heavy atom. The standard InChI is InChI=1S/C48H56N10O5/c1-6-63-44-25-36(19-20-39(44)50-47-49-28-41(54(5)30-59)46(51-47)57(34-12-8-9-13-34)40-14-10-7-11-32(40)4)56-23-21-55(22-24-56)29-33-15-17-35(18-16-33)58-45(52-53-48(58)62)38-26-37(31(2)3)42(60)27-43(38)61/h7,10-11,14-20,25-28,30-31,34,60-61H,6,8-9,12-13,21-24,29H2,1-5H3,(H,53,62)(H,49,50,51). The number of carbonyl (C=O) groups is 1. The minimum absolute atomic E-state index is 0.00164. The molecule has 1 aliphatic heterocycles. The zero-order valence-electron chi connectivity index (χ0n) is 36.6. The van der Waals surface area contributed by atoms with Gasteiger partial charge in [-0.05, 0) is 85.7 Å². The Balaban J connectivity index is 0.956. The van der Waals surface area contributed by atoms with Crippen molar-refractivity contribution in [3.05, 3.63) is 112 Å². The van der Waals surface area contributed by atoms with Crippen molar-refractivity contribution in [1.29, 1.82) is 0 Å². The molecule has 15 heteroatoms. The van der Waals surface area contributed by atoms with Gasteiger partial charge in [0, 0.05) is 69.3 Å². The molecule has 2 fully saturated rings. The molecule has 0 spiro atoms. The van der Waals surface area contributed by atoms with E-state index in [4.69, 9.17) is 9.72 Å². The molecular formula is C48H56N10O5. The highest BCUT2D eigenvalue weighted by Gasteiger charge is 2.30. The van der Waals surface area contributed by atoms with E-state index < -0.39 is 5.69 Å². The number of aryl methyl sites for hydroxylation is 1. The smallest absolute Gasteiger partial charge is 0.348 e. The quantitative estimate of drug-likeness (QED) is 0.0737. The van der Waals surface area contributed by atoms with Gasteiger partial charge in [-0.15, -0.1) is 0 Å². The van der Waals surface area contributed by atoms with E-state index >= 15 is 0 Å². The summed E-state index contributed by atoms with van der Waals surface area (Å²) in [5.41, 5.74) is 6.95. The molecule has 2 aliphatic rings. The number of aromatic amines is 1. The summed E-state index contributed by atoms with van der Waals surface area (Å²) in [4.78, 5) is 43.4. The number of nitrogens with zero attached hydrogens (tertiary/aromatic N) is 8. The van der Waals surface area contributed by atoms with Crippen LogP contribution in [0.3, 0.4) is 0 Å². The number of rotatable bonds is 15. The van der Waals surface area contributed by atoms with Crippen molar-refractivity contribution in [3.63, 3.8) is 0 Å². The van der Waals surface area contributed by atoms with E-state index in [2.05, 4.69) is 66.4 Å². The van der Waals surface area contributed by atoms with Crippen LogP contribution in [-0.2, 0) is 11.3 Å². The third kappa shape index (κ3) is 9.05. The van der Waals surface area contributed by atoms with Gasteiger partial charge in [-0.25, -0.2) is 19.4 Å². The topological polar surface area (TPSA) is 168 Å². The van der Waals surface area contributed by atoms with Crippen LogP contribution >= 0.6 is 0 Å². The number of anilines is 6. The Labute approximate surface area is 367 Å². The van der Waals surface area contributed by atoms with Gasteiger partial charge < -0.3 is 35.0 Å². The maximum atomic E-state index is 13.0. The number of hydrogen-bond acceptors (Lipinski definition) is 12. The fraction of sp³-hybridized carbons (Fsp3) is 0.354. The van der Waals surface area contributed by atoms with Crippen molar-refractivity contribution in [2.24, 2.45) is 0 Å². The van der Waals surface area contributed by atoms with Gasteiger partial charge in [0.1, 0.15) is 22.9 Å². The Morgan fingerprint density at radius 3 is 2.37 bits per heavy atom. The highest BCUT2D eigenvalue weighted by Crippen LogP contribution is 2.41. The van der Waals surface area contributed by atoms with Gasteiger partial charge in [-0.2, -0.15) is 10.1 Å². The number of amides is 1. The minimum atomic E-state index is -0.427. The van der Waals surface area contributed by atoms with Gasteiger partial charge in [0.2, 0.25) is 12.4 Å². The molecule has 3 heterocycles. The second-order valence-corrected chi connectivity index (χ2v) is 16.7. The third-order valence-electron chi connectivity index (χ3n) is 12.1. The van der Waals surface area contributed by atoms with Crippen molar-refractivity contribution >= 4 is 40.9 Å². The molecule has 4 aromatic carbocycles. The molecule has 0 atom stereocenters. The molecule has 1 aliphatic carbocycles. The molecule has 1 saturated heterocycles. The number of H-pyrrole nitrogens is 1. The molecular weight excluding hydrogens is 797 g/mol. The number of benzene rings is 4. The molecule has 2 aromatic heterocycles. The lowest BCUT2D eigenvalue weighted by Gasteiger charge is -2.36. The van der Waals surface area contributed by atoms with Crippen LogP contribution in [0.1, 0.15) is 69.1 Å². The number of aromatic hydroxyl groups is 2. The lowest BCUT2D eigenvalue weighted by atomic mass is 9.98. The summed E-state index contributed by atoms with van der Waals surface area (Å²) in [6.07, 6.45) is 6.87. The second-order valence-electron chi connectivity index (χ2n) is 16.7. The van der Waals surface area contributed by atoms with Crippen LogP contribution in [0.15, 0.2) is 89.9 Å². The summed E-state index contributed by atoms with van der Waals surface area (Å²) in [6, 6.07) is 25.5. The van der Waals surface area contributed by atoms with Crippen LogP contribution in [0, 0.1) is 6.92 Å². The first-order valence-corrected chi connectivity index (χ1v) is 21.8. The highest BCUT2D eigenvalue weighted by atomic mass is 16.5. The molecule has 0 unspecified atom stereocenters. The average molecular weight is 853 g/mol. The van der Waals surface area contributed by atoms with Crippen molar-refractivity contribution in [2.45, 2.75) is 71.9 Å². The van der Waals surface area contributed by atoms with Crippen molar-refractivity contribution < 1.29 is 19.7 Å². The summed E-state index contributed by atoms with van der Waals surface area (Å²) < 4.78 is 7.63. The highest BCUT2D eigenvalue weighted by molar-refractivity contribution is 5.85. The molecule has 1 saturated carbocycles. The van der Waals surface area contributed by atoms with Crippen LogP contribution in [0.2, 0.25) is 0 Å². The van der Waals surface area contributed by atoms with E-state index in [1.807, 2.05) is 63.2 Å². The lowest BCUT2D eigenvalue weighted by molar-refractivity contribution is -0.107. The average Bonchev–Trinajstić information content (AvgIpc) is 3.96. The van der Waals surface area contributed by atoms with Crippen molar-refractivity contribution in [3.8, 4) is 34.3 Å². The summed E-state index contributed by atoms with van der Waals surface area (Å²) in [6.45, 7) is 12.6. The number of hydrogen-bond donors (Lipinski definition) is 4. The number of carbonyl (C=O) groups excluding carboxylic acids is 1. The Hall–Kier alpha value is -6.87. The summed E-state index contributed by atoms with van der Waals surface area (Å²) in [5, 5.41) is 31.3. The zero-order valence-corrected chi connectivity index (χ0v) is 36.6. The van der Waals surface area contributed by atoms with E-state index in [0.29, 0.717) is 46.6 Å². The second kappa shape index (κ2) is 18.6. The molecule has 0 radical (unpaired) electrons. The largest absolute Gasteiger partial charge is 0.508 e. The number of piperazine rings is 1. The van der Waals surface area contributed by atoms with Gasteiger partial charge in [0.05, 0.1) is 29.7 Å². The fourth-order valence-electron chi connectivity index (χ4n) is 8.72. The van der Waals surface area contributed by atoms with Gasteiger partial charge in [-0.3, -0.25) is 9.69 Å². The van der Waals surface area contributed by atoms with Crippen LogP contribution in [0.5, 0.6) is 17.2 Å². The van der Waals surface area contributed by atoms with Gasteiger partial charge in [0.25, 0.3) is 0 Å². The lowest BCUT2D eigenvalue weighted by Crippen LogP contribution is -2.45. The van der Waals surface area contributed by atoms with Gasteiger partial charge in [-0.1, -0.05) is 57.0 Å². The Morgan fingerprint density at radius 1 is 0.937 bits per heavy atom. The Bertz CT molecular complexity index is 2610. The van der Waals surface area contributed by atoms with E-state index in [9.17, 15) is 19.8 Å². The SMILES string of the molecule is CCOc1cc(N2CCN(Cc3ccc(-n4c(-c5cc(C(C)C)c(O)cc5O)n[nH]c4=O)cc3)CC2)ccc1Nc1ncc(N(C)C=O)c(N(c2ccccc2C)C2CCCC2)n1. The zero-order chi connectivity index (χ0) is 44.2. The first-order chi connectivity index (χ1) is 30.5. The molecule has 8 rings (SSSR count). The summed E-state index contributed by atoms with van der Waals surface area (Å²) >= 11 is 0. The first-order valence-electron chi connectivity index (χ1n) is 21.8. The van der Waals surface area contributed by atoms with E-state index in [-0.39, 0.29) is 29.3 Å². The number of phenols is 2. The van der Waals surface area contributed by atoms with Gasteiger partial charge >= 0.3 is 5.69 Å². The summed E-state index contributed by atoms with van der Waals surface area (Å²) in [5.74, 6) is 1.89. The predicted molar refractivity (Wildman–Crippen MR) is 247 cm³/mol. The summed E-state index contributed by atoms with van der Waals surface area (Å²) in [7, 11) is 1.73.